The lowest BCUT2D eigenvalue weighted by Gasteiger charge is -2.29. The Hall–Kier alpha value is -3.79. The Morgan fingerprint density at radius 1 is 0.525 bits per heavy atom. The summed E-state index contributed by atoms with van der Waals surface area (Å²) in [6.07, 6.45) is 0. The zero-order valence-electron chi connectivity index (χ0n) is 24.5. The van der Waals surface area contributed by atoms with Crippen LogP contribution >= 0.6 is 0 Å². The van der Waals surface area contributed by atoms with Crippen molar-refractivity contribution in [1.82, 2.24) is 0 Å². The maximum atomic E-state index is 6.61. The van der Waals surface area contributed by atoms with Crippen molar-refractivity contribution in [2.75, 3.05) is 22.7 Å². The molecule has 2 aliphatic heterocycles. The van der Waals surface area contributed by atoms with Crippen LogP contribution in [-0.2, 0) is 10.8 Å². The van der Waals surface area contributed by atoms with E-state index in [4.69, 9.17) is 9.31 Å². The van der Waals surface area contributed by atoms with Gasteiger partial charge in [-0.25, -0.2) is 0 Å². The summed E-state index contributed by atoms with van der Waals surface area (Å²) in [6.45, 7) is 15.1. The fourth-order valence-corrected chi connectivity index (χ4v) is 5.66. The van der Waals surface area contributed by atoms with Crippen molar-refractivity contribution in [2.45, 2.75) is 52.4 Å². The van der Waals surface area contributed by atoms with E-state index in [1.807, 2.05) is 0 Å². The van der Waals surface area contributed by atoms with Crippen molar-refractivity contribution in [1.29, 1.82) is 0 Å². The van der Waals surface area contributed by atoms with Gasteiger partial charge in [0.05, 0.1) is 11.4 Å². The molecule has 0 saturated heterocycles. The second-order valence-corrected chi connectivity index (χ2v) is 13.0. The smallest absolute Gasteiger partial charge is 0.519 e. The molecule has 4 nitrogen and oxygen atoms in total. The third kappa shape index (κ3) is 4.96. The largest absolute Gasteiger partial charge is 0.536 e. The highest BCUT2D eigenvalue weighted by atomic mass is 16.5. The molecule has 0 bridgehead atoms. The number of fused-ring (bicyclic) bond motifs is 2. The topological polar surface area (TPSA) is 24.9 Å². The third-order valence-corrected chi connectivity index (χ3v) is 8.06. The van der Waals surface area contributed by atoms with Crippen LogP contribution in [0.1, 0.15) is 52.7 Å². The highest BCUT2D eigenvalue weighted by molar-refractivity contribution is 6.74. The highest BCUT2D eigenvalue weighted by Gasteiger charge is 2.42. The molecule has 0 saturated carbocycles. The van der Waals surface area contributed by atoms with Crippen LogP contribution in [0.5, 0.6) is 11.5 Å². The van der Waals surface area contributed by atoms with Gasteiger partial charge in [-0.1, -0.05) is 114 Å². The number of hydrogen-bond donors (Lipinski definition) is 0. The lowest BCUT2D eigenvalue weighted by Crippen LogP contribution is -2.55. The summed E-state index contributed by atoms with van der Waals surface area (Å²) >= 11 is 0. The van der Waals surface area contributed by atoms with Crippen LogP contribution in [0.25, 0.3) is 0 Å². The van der Waals surface area contributed by atoms with Crippen molar-refractivity contribution < 1.29 is 9.31 Å². The Morgan fingerprint density at radius 3 is 1.25 bits per heavy atom. The van der Waals surface area contributed by atoms with E-state index in [0.29, 0.717) is 0 Å². The van der Waals surface area contributed by atoms with E-state index in [-0.39, 0.29) is 24.9 Å². The Balaban J connectivity index is 1.38. The molecule has 0 aromatic heterocycles. The molecular formula is C34H38B2N2O2. The van der Waals surface area contributed by atoms with Gasteiger partial charge in [0.25, 0.3) is 0 Å². The first kappa shape index (κ1) is 26.4. The minimum absolute atomic E-state index is 0.0506. The van der Waals surface area contributed by atoms with E-state index in [0.717, 1.165) is 46.9 Å². The van der Waals surface area contributed by atoms with E-state index in [2.05, 4.69) is 148 Å². The molecule has 0 unspecified atom stereocenters. The monoisotopic (exact) mass is 528 g/mol. The molecule has 0 fully saturated rings. The van der Waals surface area contributed by atoms with Gasteiger partial charge in [0.15, 0.2) is 0 Å². The zero-order valence-corrected chi connectivity index (χ0v) is 24.5. The third-order valence-electron chi connectivity index (χ3n) is 8.06. The molecule has 40 heavy (non-hydrogen) atoms. The van der Waals surface area contributed by atoms with E-state index in [1.54, 1.807) is 0 Å². The van der Waals surface area contributed by atoms with Crippen molar-refractivity contribution in [3.8, 4) is 11.5 Å². The van der Waals surface area contributed by atoms with Crippen molar-refractivity contribution in [3.63, 3.8) is 0 Å². The van der Waals surface area contributed by atoms with Gasteiger partial charge in [-0.3, -0.25) is 0 Å². The van der Waals surface area contributed by atoms with E-state index >= 15 is 0 Å². The molecule has 6 rings (SSSR count). The van der Waals surface area contributed by atoms with Crippen LogP contribution in [-0.4, -0.2) is 27.2 Å². The van der Waals surface area contributed by atoms with Crippen molar-refractivity contribution in [3.05, 3.63) is 108 Å². The quantitative estimate of drug-likeness (QED) is 0.290. The van der Waals surface area contributed by atoms with Crippen LogP contribution in [0, 0.1) is 0 Å². The van der Waals surface area contributed by atoms with Gasteiger partial charge in [-0.05, 0) is 57.1 Å². The van der Waals surface area contributed by atoms with Gasteiger partial charge in [0.2, 0.25) is 0 Å². The fraction of sp³-hybridized carbons (Fsp3) is 0.294. The second-order valence-electron chi connectivity index (χ2n) is 13.0. The molecule has 0 spiro atoms. The lowest BCUT2D eigenvalue weighted by molar-refractivity contribution is 0.583. The van der Waals surface area contributed by atoms with Crippen LogP contribution < -0.4 is 29.9 Å². The number of nitrogens with zero attached hydrogens (tertiary/aromatic N) is 2. The van der Waals surface area contributed by atoms with Crippen LogP contribution in [0.15, 0.2) is 97.1 Å². The Morgan fingerprint density at radius 2 is 0.900 bits per heavy atom. The average molecular weight is 528 g/mol. The first-order valence-electron chi connectivity index (χ1n) is 14.4. The number of anilines is 2. The molecule has 0 amide bonds. The van der Waals surface area contributed by atoms with Crippen LogP contribution in [0.2, 0.25) is 0 Å². The van der Waals surface area contributed by atoms with Gasteiger partial charge in [-0.2, -0.15) is 0 Å². The maximum absolute atomic E-state index is 6.61. The minimum atomic E-state index is -0.175. The molecular weight excluding hydrogens is 490 g/mol. The number of rotatable bonds is 5. The summed E-state index contributed by atoms with van der Waals surface area (Å²) in [5, 5.41) is 0. The molecule has 0 atom stereocenters. The van der Waals surface area contributed by atoms with Crippen LogP contribution in [0.4, 0.5) is 11.4 Å². The molecule has 0 aliphatic carbocycles. The van der Waals surface area contributed by atoms with Gasteiger partial charge in [0.1, 0.15) is 11.5 Å². The summed E-state index contributed by atoms with van der Waals surface area (Å²) in [7, 11) is -0.351. The number of benzene rings is 4. The Kier molecular flexibility index (Phi) is 6.60. The summed E-state index contributed by atoms with van der Waals surface area (Å²) in [6, 6.07) is 34.4. The van der Waals surface area contributed by atoms with Crippen LogP contribution in [0.3, 0.4) is 0 Å². The second kappa shape index (κ2) is 9.99. The molecule has 202 valence electrons. The fourth-order valence-electron chi connectivity index (χ4n) is 5.66. The standard InChI is InChI=1S/C34H38B2N2O2/c1-33(2,3)25-17-19-31-29(23-25)37(35(39-31)27-13-9-7-10-14-27)21-22-38-30-24-26(34(4,5)6)18-20-32(30)40-36(38)28-15-11-8-12-16-28/h7-20,23-24H,21-22H2,1-6H3. The van der Waals surface area contributed by atoms with Gasteiger partial charge in [0, 0.05) is 13.1 Å². The molecule has 0 N–H and O–H groups in total. The van der Waals surface area contributed by atoms with E-state index in [1.165, 1.54) is 11.1 Å². The first-order valence-corrected chi connectivity index (χ1v) is 14.4. The average Bonchev–Trinajstić information content (AvgIpc) is 3.49. The first-order chi connectivity index (χ1) is 19.1. The van der Waals surface area contributed by atoms with E-state index in [9.17, 15) is 0 Å². The summed E-state index contributed by atoms with van der Waals surface area (Å²) in [4.78, 5) is 4.85. The SMILES string of the molecule is CC(C)(C)c1ccc2c(c1)N(CCN1B(c3ccccc3)Oc3ccc(C(C)(C)C)cc31)B(c1ccccc1)O2. The number of hydrogen-bond acceptors (Lipinski definition) is 4. The predicted octanol–water partition coefficient (Wildman–Crippen LogP) is 6.17. The molecule has 6 heteroatoms. The molecule has 2 heterocycles. The summed E-state index contributed by atoms with van der Waals surface area (Å²) in [5.41, 5.74) is 7.33. The van der Waals surface area contributed by atoms with Gasteiger partial charge in [-0.15, -0.1) is 0 Å². The van der Waals surface area contributed by atoms with E-state index < -0.39 is 0 Å². The van der Waals surface area contributed by atoms with Gasteiger partial charge < -0.3 is 18.9 Å². The maximum Gasteiger partial charge on any atom is 0.519 e. The minimum Gasteiger partial charge on any atom is -0.536 e. The normalized spacial score (nSPS) is 14.7. The summed E-state index contributed by atoms with van der Waals surface area (Å²) in [5.74, 6) is 1.88. The Labute approximate surface area is 240 Å². The Bertz CT molecular complexity index is 1380. The predicted molar refractivity (Wildman–Crippen MR) is 170 cm³/mol. The summed E-state index contributed by atoms with van der Waals surface area (Å²) < 4.78 is 13.2. The van der Waals surface area contributed by atoms with Crippen molar-refractivity contribution >= 4 is 36.4 Å². The molecule has 2 aliphatic rings. The van der Waals surface area contributed by atoms with Gasteiger partial charge >= 0.3 is 14.1 Å². The van der Waals surface area contributed by atoms with Crippen molar-refractivity contribution in [2.24, 2.45) is 0 Å². The highest BCUT2D eigenvalue weighted by Crippen LogP contribution is 2.41. The molecule has 4 aromatic carbocycles. The molecule has 0 radical (unpaired) electrons. The lowest BCUT2D eigenvalue weighted by atomic mass is 9.70. The zero-order chi connectivity index (χ0) is 28.1. The molecule has 4 aromatic rings.